The first kappa shape index (κ1) is 17.1. The Morgan fingerprint density at radius 1 is 1.04 bits per heavy atom. The summed E-state index contributed by atoms with van der Waals surface area (Å²) in [6.45, 7) is 0.565. The highest BCUT2D eigenvalue weighted by Gasteiger charge is 2.26. The molecule has 1 aliphatic heterocycles. The topological polar surface area (TPSA) is 66.5 Å². The third kappa shape index (κ3) is 3.22. The van der Waals surface area contributed by atoms with Gasteiger partial charge in [-0.3, -0.25) is 9.52 Å². The van der Waals surface area contributed by atoms with Crippen LogP contribution in [0.3, 0.4) is 0 Å². The predicted molar refractivity (Wildman–Crippen MR) is 95.3 cm³/mol. The number of amides is 1. The maximum atomic E-state index is 12.7. The van der Waals surface area contributed by atoms with Gasteiger partial charge in [0.2, 0.25) is 5.91 Å². The van der Waals surface area contributed by atoms with E-state index in [-0.39, 0.29) is 20.8 Å². The minimum absolute atomic E-state index is 0.0255. The molecular formula is C16H14Cl2N2O3S. The maximum absolute atomic E-state index is 12.7. The van der Waals surface area contributed by atoms with Crippen molar-refractivity contribution < 1.29 is 13.2 Å². The van der Waals surface area contributed by atoms with E-state index < -0.39 is 10.0 Å². The number of hydrogen-bond acceptors (Lipinski definition) is 3. The first-order valence-corrected chi connectivity index (χ1v) is 9.50. The molecule has 0 unspecified atom stereocenters. The summed E-state index contributed by atoms with van der Waals surface area (Å²) in [6, 6.07) is 11.2. The van der Waals surface area contributed by atoms with Crippen LogP contribution in [-0.4, -0.2) is 20.9 Å². The number of nitrogens with zero attached hydrogens (tertiary/aromatic N) is 1. The summed E-state index contributed by atoms with van der Waals surface area (Å²) in [5, 5.41) is 0.115. The highest BCUT2D eigenvalue weighted by atomic mass is 35.5. The summed E-state index contributed by atoms with van der Waals surface area (Å²) in [7, 11) is -3.94. The normalized spacial score (nSPS) is 14.9. The van der Waals surface area contributed by atoms with Crippen LogP contribution in [0.4, 0.5) is 11.4 Å². The molecular weight excluding hydrogens is 371 g/mol. The van der Waals surface area contributed by atoms with Crippen LogP contribution >= 0.6 is 23.2 Å². The van der Waals surface area contributed by atoms with Crippen LogP contribution in [0, 0.1) is 0 Å². The average Bonchev–Trinajstić information content (AvgIpc) is 2.96. The van der Waals surface area contributed by atoms with Gasteiger partial charge < -0.3 is 4.90 Å². The van der Waals surface area contributed by atoms with E-state index in [1.165, 1.54) is 18.2 Å². The van der Waals surface area contributed by atoms with E-state index in [2.05, 4.69) is 4.72 Å². The first-order chi connectivity index (χ1) is 11.4. The Morgan fingerprint density at radius 2 is 1.79 bits per heavy atom. The fourth-order valence-corrected chi connectivity index (χ4v) is 4.43. The highest BCUT2D eigenvalue weighted by molar-refractivity contribution is 7.92. The predicted octanol–water partition coefficient (Wildman–Crippen LogP) is 3.92. The number of halogens is 2. The maximum Gasteiger partial charge on any atom is 0.263 e. The van der Waals surface area contributed by atoms with Crippen LogP contribution < -0.4 is 9.62 Å². The van der Waals surface area contributed by atoms with Crippen LogP contribution in [0.1, 0.15) is 12.8 Å². The molecule has 3 rings (SSSR count). The van der Waals surface area contributed by atoms with Gasteiger partial charge in [-0.05, 0) is 30.7 Å². The lowest BCUT2D eigenvalue weighted by Crippen LogP contribution is -2.25. The Labute approximate surface area is 150 Å². The van der Waals surface area contributed by atoms with Crippen LogP contribution in [0.15, 0.2) is 47.4 Å². The number of anilines is 2. The molecule has 0 radical (unpaired) electrons. The lowest BCUT2D eigenvalue weighted by molar-refractivity contribution is -0.117. The Kier molecular flexibility index (Phi) is 4.71. The van der Waals surface area contributed by atoms with Crippen molar-refractivity contribution in [3.05, 3.63) is 52.5 Å². The second-order valence-electron chi connectivity index (χ2n) is 5.32. The second kappa shape index (κ2) is 6.63. The van der Waals surface area contributed by atoms with Gasteiger partial charge in [-0.2, -0.15) is 0 Å². The Balaban J connectivity index is 1.99. The average molecular weight is 385 g/mol. The summed E-state index contributed by atoms with van der Waals surface area (Å²) in [6.07, 6.45) is 1.21. The fourth-order valence-electron chi connectivity index (χ4n) is 2.59. The van der Waals surface area contributed by atoms with Gasteiger partial charge in [0.1, 0.15) is 4.90 Å². The summed E-state index contributed by atoms with van der Waals surface area (Å²) in [5.41, 5.74) is 0.852. The third-order valence-electron chi connectivity index (χ3n) is 3.72. The number of carbonyl (C=O) groups excluding carboxylic acids is 1. The van der Waals surface area contributed by atoms with Crippen LogP contribution in [-0.2, 0) is 14.8 Å². The van der Waals surface area contributed by atoms with Gasteiger partial charge in [0.15, 0.2) is 0 Å². The van der Waals surface area contributed by atoms with E-state index in [9.17, 15) is 13.2 Å². The number of carbonyl (C=O) groups is 1. The minimum Gasteiger partial charge on any atom is -0.310 e. The quantitative estimate of drug-likeness (QED) is 0.868. The smallest absolute Gasteiger partial charge is 0.263 e. The van der Waals surface area contributed by atoms with E-state index in [1.54, 1.807) is 29.2 Å². The van der Waals surface area contributed by atoms with Gasteiger partial charge in [-0.15, -0.1) is 0 Å². The van der Waals surface area contributed by atoms with Crippen molar-refractivity contribution >= 4 is 50.5 Å². The highest BCUT2D eigenvalue weighted by Crippen LogP contribution is 2.34. The monoisotopic (exact) mass is 384 g/mol. The molecule has 2 aromatic carbocycles. The molecule has 24 heavy (non-hydrogen) atoms. The molecule has 1 N–H and O–H groups in total. The van der Waals surface area contributed by atoms with Crippen molar-refractivity contribution in [1.29, 1.82) is 0 Å². The molecule has 1 aliphatic rings. The van der Waals surface area contributed by atoms with E-state index >= 15 is 0 Å². The lowest BCUT2D eigenvalue weighted by Gasteiger charge is -2.20. The number of hydrogen-bond donors (Lipinski definition) is 1. The molecule has 2 aromatic rings. The lowest BCUT2D eigenvalue weighted by atomic mass is 10.2. The van der Waals surface area contributed by atoms with Gasteiger partial charge >= 0.3 is 0 Å². The van der Waals surface area contributed by atoms with Crippen LogP contribution in [0.25, 0.3) is 0 Å². The summed E-state index contributed by atoms with van der Waals surface area (Å²) >= 11 is 11.9. The summed E-state index contributed by atoms with van der Waals surface area (Å²) in [5.74, 6) is -0.0255. The zero-order valence-electron chi connectivity index (χ0n) is 12.5. The largest absolute Gasteiger partial charge is 0.310 e. The number of benzene rings is 2. The number of rotatable bonds is 4. The van der Waals surface area contributed by atoms with Gasteiger partial charge in [0.25, 0.3) is 10.0 Å². The van der Waals surface area contributed by atoms with Crippen molar-refractivity contribution in [2.75, 3.05) is 16.2 Å². The minimum atomic E-state index is -3.94. The van der Waals surface area contributed by atoms with Crippen molar-refractivity contribution in [2.24, 2.45) is 0 Å². The third-order valence-corrected chi connectivity index (χ3v) is 6.06. The van der Waals surface area contributed by atoms with Crippen molar-refractivity contribution in [1.82, 2.24) is 0 Å². The van der Waals surface area contributed by atoms with E-state index in [0.717, 1.165) is 6.42 Å². The molecule has 0 aromatic heterocycles. The van der Waals surface area contributed by atoms with E-state index in [1.807, 2.05) is 0 Å². The van der Waals surface area contributed by atoms with Gasteiger partial charge in [0.05, 0.1) is 21.4 Å². The molecule has 126 valence electrons. The fraction of sp³-hybridized carbons (Fsp3) is 0.188. The zero-order valence-corrected chi connectivity index (χ0v) is 14.8. The van der Waals surface area contributed by atoms with Crippen molar-refractivity contribution in [2.45, 2.75) is 17.7 Å². The molecule has 5 nitrogen and oxygen atoms in total. The summed E-state index contributed by atoms with van der Waals surface area (Å²) in [4.78, 5) is 13.4. The SMILES string of the molecule is O=C1CCCN1c1ccccc1NS(=O)(=O)c1cccc(Cl)c1Cl. The van der Waals surface area contributed by atoms with E-state index in [4.69, 9.17) is 23.2 Å². The number of sulfonamides is 1. The molecule has 1 fully saturated rings. The Morgan fingerprint density at radius 3 is 2.50 bits per heavy atom. The first-order valence-electron chi connectivity index (χ1n) is 7.26. The molecule has 0 saturated carbocycles. The van der Waals surface area contributed by atoms with E-state index in [0.29, 0.717) is 24.3 Å². The van der Waals surface area contributed by atoms with Crippen LogP contribution in [0.5, 0.6) is 0 Å². The molecule has 0 atom stereocenters. The second-order valence-corrected chi connectivity index (χ2v) is 7.76. The van der Waals surface area contributed by atoms with Gasteiger partial charge in [-0.25, -0.2) is 8.42 Å². The van der Waals surface area contributed by atoms with Gasteiger partial charge in [0, 0.05) is 13.0 Å². The van der Waals surface area contributed by atoms with Crippen LogP contribution in [0.2, 0.25) is 10.0 Å². The Bertz CT molecular complexity index is 900. The van der Waals surface area contributed by atoms with Crippen molar-refractivity contribution in [3.8, 4) is 0 Å². The molecule has 0 bridgehead atoms. The molecule has 1 amide bonds. The molecule has 0 aliphatic carbocycles. The number of nitrogens with one attached hydrogen (secondary N) is 1. The van der Waals surface area contributed by atoms with Crippen molar-refractivity contribution in [3.63, 3.8) is 0 Å². The Hall–Kier alpha value is -1.76. The standard InChI is InChI=1S/C16H14Cl2N2O3S/c17-11-5-3-8-14(16(11)18)24(22,23)19-12-6-1-2-7-13(12)20-10-4-9-15(20)21/h1-3,5-8,19H,4,9-10H2. The summed E-state index contributed by atoms with van der Waals surface area (Å²) < 4.78 is 27.8. The zero-order chi connectivity index (χ0) is 17.3. The molecule has 0 spiro atoms. The van der Waals surface area contributed by atoms with Gasteiger partial charge in [-0.1, -0.05) is 41.4 Å². The molecule has 1 heterocycles. The number of para-hydroxylation sites is 2. The molecule has 1 saturated heterocycles. The molecule has 8 heteroatoms.